The van der Waals surface area contributed by atoms with Gasteiger partial charge in [0.15, 0.2) is 0 Å². The zero-order valence-corrected chi connectivity index (χ0v) is 17.0. The average Bonchev–Trinajstić information content (AvgIpc) is 2.59. The third-order valence-corrected chi connectivity index (χ3v) is 9.95. The van der Waals surface area contributed by atoms with Gasteiger partial charge < -0.3 is 4.43 Å². The molecule has 0 spiro atoms. The van der Waals surface area contributed by atoms with Gasteiger partial charge in [-0.3, -0.25) is 0 Å². The first-order valence-corrected chi connectivity index (χ1v) is 10.9. The molecule has 0 aromatic heterocycles. The molecule has 25 heavy (non-hydrogen) atoms. The van der Waals surface area contributed by atoms with Crippen LogP contribution in [0.1, 0.15) is 27.7 Å². The van der Waals surface area contributed by atoms with Crippen LogP contribution in [0.3, 0.4) is 0 Å². The van der Waals surface area contributed by atoms with Gasteiger partial charge >= 0.3 is 0 Å². The lowest BCUT2D eigenvalue weighted by Crippen LogP contribution is -2.67. The Bertz CT molecular complexity index is 616. The van der Waals surface area contributed by atoms with Crippen LogP contribution in [0.4, 0.5) is 0 Å². The summed E-state index contributed by atoms with van der Waals surface area (Å²) in [4.78, 5) is 0. The van der Waals surface area contributed by atoms with E-state index in [0.29, 0.717) is 6.61 Å². The van der Waals surface area contributed by atoms with Crippen molar-refractivity contribution in [2.45, 2.75) is 32.7 Å². The molecule has 0 saturated carbocycles. The molecule has 2 atom stereocenters. The minimum atomic E-state index is -2.45. The lowest BCUT2D eigenvalue weighted by atomic mass is 9.97. The molecule has 2 aromatic rings. The molecule has 0 bridgehead atoms. The minimum Gasteiger partial charge on any atom is -0.407 e. The molecule has 0 saturated heterocycles. The van der Waals surface area contributed by atoms with Gasteiger partial charge in [-0.1, -0.05) is 94.4 Å². The molecular formula is C23H31OSi. The first kappa shape index (κ1) is 19.7. The van der Waals surface area contributed by atoms with E-state index in [9.17, 15) is 0 Å². The fourth-order valence-corrected chi connectivity index (χ4v) is 8.05. The molecule has 0 aliphatic heterocycles. The van der Waals surface area contributed by atoms with Crippen molar-refractivity contribution in [1.29, 1.82) is 0 Å². The molecule has 0 fully saturated rings. The smallest absolute Gasteiger partial charge is 0.261 e. The van der Waals surface area contributed by atoms with Crippen molar-refractivity contribution in [3.63, 3.8) is 0 Å². The van der Waals surface area contributed by atoms with Gasteiger partial charge in [0.2, 0.25) is 0 Å². The van der Waals surface area contributed by atoms with E-state index in [1.807, 2.05) is 6.08 Å². The van der Waals surface area contributed by atoms with Gasteiger partial charge in [0.1, 0.15) is 0 Å². The zero-order chi connectivity index (χ0) is 18.5. The van der Waals surface area contributed by atoms with Gasteiger partial charge in [-0.25, -0.2) is 0 Å². The highest BCUT2D eigenvalue weighted by Gasteiger charge is 2.50. The third-order valence-electron chi connectivity index (χ3n) is 4.94. The highest BCUT2D eigenvalue weighted by Crippen LogP contribution is 2.37. The lowest BCUT2D eigenvalue weighted by Gasteiger charge is -2.43. The van der Waals surface area contributed by atoms with Crippen molar-refractivity contribution in [2.75, 3.05) is 6.61 Å². The second-order valence-electron chi connectivity index (χ2n) is 7.85. The van der Waals surface area contributed by atoms with Gasteiger partial charge in [-0.2, -0.15) is 0 Å². The SMILES string of the molecule is [CH2][C@@H](C)[C@@H](C=C)CO[Si](c1ccccc1)(c1ccccc1)C(C)(C)C. The normalized spacial score (nSPS) is 13.7. The molecule has 0 amide bonds. The molecule has 0 aliphatic carbocycles. The van der Waals surface area contributed by atoms with Gasteiger partial charge in [0.05, 0.1) is 0 Å². The van der Waals surface area contributed by atoms with Gasteiger partial charge in [0, 0.05) is 12.5 Å². The number of hydrogen-bond donors (Lipinski definition) is 0. The summed E-state index contributed by atoms with van der Waals surface area (Å²) >= 11 is 0. The Morgan fingerprint density at radius 3 is 1.72 bits per heavy atom. The highest BCUT2D eigenvalue weighted by atomic mass is 28.4. The molecule has 0 unspecified atom stereocenters. The molecule has 2 heteroatoms. The van der Waals surface area contributed by atoms with Gasteiger partial charge in [-0.15, -0.1) is 6.58 Å². The Hall–Kier alpha value is -1.64. The Kier molecular flexibility index (Phi) is 6.42. The highest BCUT2D eigenvalue weighted by molar-refractivity contribution is 6.99. The van der Waals surface area contributed by atoms with Crippen molar-refractivity contribution in [2.24, 2.45) is 11.8 Å². The van der Waals surface area contributed by atoms with Crippen LogP contribution < -0.4 is 10.4 Å². The molecule has 0 N–H and O–H groups in total. The summed E-state index contributed by atoms with van der Waals surface area (Å²) in [5, 5.41) is 2.63. The summed E-state index contributed by atoms with van der Waals surface area (Å²) in [5.41, 5.74) is 0. The van der Waals surface area contributed by atoms with Crippen LogP contribution in [0.25, 0.3) is 0 Å². The summed E-state index contributed by atoms with van der Waals surface area (Å²) in [7, 11) is -2.45. The Morgan fingerprint density at radius 2 is 1.40 bits per heavy atom. The Balaban J connectivity index is 2.58. The molecule has 133 valence electrons. The lowest BCUT2D eigenvalue weighted by molar-refractivity contribution is 0.237. The van der Waals surface area contributed by atoms with Crippen molar-refractivity contribution >= 4 is 18.7 Å². The summed E-state index contributed by atoms with van der Waals surface area (Å²) in [6, 6.07) is 21.5. The third kappa shape index (κ3) is 4.13. The molecule has 1 radical (unpaired) electrons. The second kappa shape index (κ2) is 8.16. The molecule has 1 nitrogen and oxygen atoms in total. The van der Waals surface area contributed by atoms with Crippen molar-refractivity contribution in [3.05, 3.63) is 80.2 Å². The van der Waals surface area contributed by atoms with Crippen LogP contribution in [0.2, 0.25) is 5.04 Å². The first-order chi connectivity index (χ1) is 11.8. The van der Waals surface area contributed by atoms with Gasteiger partial charge in [0.25, 0.3) is 8.32 Å². The van der Waals surface area contributed by atoms with E-state index in [-0.39, 0.29) is 16.9 Å². The number of benzene rings is 2. The fraction of sp³-hybridized carbons (Fsp3) is 0.348. The van der Waals surface area contributed by atoms with Crippen LogP contribution in [0, 0.1) is 18.8 Å². The van der Waals surface area contributed by atoms with Gasteiger partial charge in [-0.05, 0) is 28.3 Å². The topological polar surface area (TPSA) is 9.23 Å². The van der Waals surface area contributed by atoms with Crippen molar-refractivity contribution < 1.29 is 4.43 Å². The van der Waals surface area contributed by atoms with E-state index in [1.165, 1.54) is 10.4 Å². The van der Waals surface area contributed by atoms with Crippen molar-refractivity contribution in [1.82, 2.24) is 0 Å². The standard InChI is InChI=1S/C23H31OSi/c1-7-20(19(2)3)18-24-25(23(4,5)6,21-14-10-8-11-15-21)22-16-12-9-13-17-22/h7-17,19-20H,1-2,18H2,3-6H3/t19-,20-/m0/s1. The van der Waals surface area contributed by atoms with Crippen LogP contribution in [0.15, 0.2) is 73.3 Å². The van der Waals surface area contributed by atoms with E-state index < -0.39 is 8.32 Å². The van der Waals surface area contributed by atoms with Crippen LogP contribution >= 0.6 is 0 Å². The molecular weight excluding hydrogens is 320 g/mol. The maximum Gasteiger partial charge on any atom is 0.261 e. The van der Waals surface area contributed by atoms with E-state index in [1.54, 1.807) is 0 Å². The van der Waals surface area contributed by atoms with E-state index in [2.05, 4.69) is 102 Å². The van der Waals surface area contributed by atoms with E-state index >= 15 is 0 Å². The molecule has 0 aliphatic rings. The predicted octanol–water partition coefficient (Wildman–Crippen LogP) is 4.84. The quantitative estimate of drug-likeness (QED) is 0.512. The fourth-order valence-electron chi connectivity index (χ4n) is 3.45. The largest absolute Gasteiger partial charge is 0.407 e. The number of rotatable bonds is 7. The second-order valence-corrected chi connectivity index (χ2v) is 12.2. The van der Waals surface area contributed by atoms with E-state index in [4.69, 9.17) is 4.43 Å². The summed E-state index contributed by atoms with van der Waals surface area (Å²) in [6.07, 6.45) is 1.98. The van der Waals surface area contributed by atoms with Crippen molar-refractivity contribution in [3.8, 4) is 0 Å². The Labute approximate surface area is 154 Å². The molecule has 0 heterocycles. The summed E-state index contributed by atoms with van der Waals surface area (Å²) < 4.78 is 6.91. The van der Waals surface area contributed by atoms with E-state index in [0.717, 1.165) is 0 Å². The zero-order valence-electron chi connectivity index (χ0n) is 16.0. The maximum atomic E-state index is 6.91. The molecule has 2 rings (SSSR count). The Morgan fingerprint density at radius 1 is 0.960 bits per heavy atom. The first-order valence-electron chi connectivity index (χ1n) is 9.03. The average molecular weight is 352 g/mol. The predicted molar refractivity (Wildman–Crippen MR) is 112 cm³/mol. The molecule has 2 aromatic carbocycles. The van der Waals surface area contributed by atoms with Crippen LogP contribution in [0.5, 0.6) is 0 Å². The van der Waals surface area contributed by atoms with Crippen LogP contribution in [-0.2, 0) is 4.43 Å². The maximum absolute atomic E-state index is 6.91. The number of hydrogen-bond acceptors (Lipinski definition) is 1. The summed E-state index contributed by atoms with van der Waals surface area (Å²) in [5.74, 6) is 0.525. The summed E-state index contributed by atoms with van der Waals surface area (Å²) in [6.45, 7) is 17.9. The minimum absolute atomic E-state index is 0.00579. The van der Waals surface area contributed by atoms with Crippen LogP contribution in [-0.4, -0.2) is 14.9 Å². The monoisotopic (exact) mass is 351 g/mol.